The minimum absolute atomic E-state index is 0.243. The fourth-order valence-electron chi connectivity index (χ4n) is 4.82. The summed E-state index contributed by atoms with van der Waals surface area (Å²) in [6.45, 7) is 1.80. The number of hydrogen-bond acceptors (Lipinski definition) is 5. The zero-order valence-electron chi connectivity index (χ0n) is 17.2. The highest BCUT2D eigenvalue weighted by Crippen LogP contribution is 2.30. The maximum absolute atomic E-state index is 12.4. The Morgan fingerprint density at radius 2 is 1.87 bits per heavy atom. The van der Waals surface area contributed by atoms with Gasteiger partial charge in [-0.05, 0) is 55.2 Å². The second-order valence-electron chi connectivity index (χ2n) is 8.58. The first-order valence-corrected chi connectivity index (χ1v) is 12.0. The van der Waals surface area contributed by atoms with Gasteiger partial charge in [0, 0.05) is 41.9 Å². The number of carbonyl (C=O) groups excluding carboxylic acids is 1. The molecule has 0 unspecified atom stereocenters. The average Bonchev–Trinajstić information content (AvgIpc) is 3.48. The molecule has 1 amide bonds. The van der Waals surface area contributed by atoms with Crippen molar-refractivity contribution in [2.45, 2.75) is 51.0 Å². The molecule has 0 bridgehead atoms. The number of rotatable bonds is 5. The van der Waals surface area contributed by atoms with Gasteiger partial charge in [0.2, 0.25) is 5.91 Å². The van der Waals surface area contributed by atoms with E-state index in [-0.39, 0.29) is 11.9 Å². The number of benzene rings is 1. The van der Waals surface area contributed by atoms with E-state index >= 15 is 0 Å². The Bertz CT molecular complexity index is 1010. The van der Waals surface area contributed by atoms with Gasteiger partial charge in [-0.25, -0.2) is 9.97 Å². The van der Waals surface area contributed by atoms with Crippen LogP contribution in [0.25, 0.3) is 22.3 Å². The molecule has 3 aromatic rings. The highest BCUT2D eigenvalue weighted by atomic mass is 32.1. The zero-order valence-corrected chi connectivity index (χ0v) is 18.0. The van der Waals surface area contributed by atoms with Crippen molar-refractivity contribution in [2.75, 3.05) is 18.0 Å². The number of carbonyl (C=O) groups is 1. The maximum atomic E-state index is 12.4. The van der Waals surface area contributed by atoms with Crippen molar-refractivity contribution in [3.8, 4) is 11.4 Å². The molecule has 1 N–H and O–H groups in total. The average molecular weight is 421 g/mol. The van der Waals surface area contributed by atoms with Crippen LogP contribution >= 0.6 is 11.3 Å². The Hall–Kier alpha value is -2.47. The minimum atomic E-state index is 0.243. The molecule has 3 heterocycles. The lowest BCUT2D eigenvalue weighted by Gasteiger charge is -2.34. The number of thiophene rings is 1. The maximum Gasteiger partial charge on any atom is 0.220 e. The van der Waals surface area contributed by atoms with E-state index in [2.05, 4.69) is 45.2 Å². The van der Waals surface area contributed by atoms with E-state index in [0.29, 0.717) is 12.3 Å². The Balaban J connectivity index is 1.29. The lowest BCUT2D eigenvalue weighted by atomic mass is 10.0. The summed E-state index contributed by atoms with van der Waals surface area (Å²) in [6, 6.07) is 10.6. The van der Waals surface area contributed by atoms with Gasteiger partial charge in [-0.15, -0.1) is 0 Å². The van der Waals surface area contributed by atoms with Crippen LogP contribution in [0.1, 0.15) is 44.9 Å². The number of fused-ring (bicyclic) bond motifs is 1. The number of aromatic nitrogens is 2. The fraction of sp³-hybridized carbons (Fsp3) is 0.458. The number of amides is 1. The summed E-state index contributed by atoms with van der Waals surface area (Å²) in [4.78, 5) is 24.5. The second kappa shape index (κ2) is 8.72. The molecule has 1 saturated carbocycles. The van der Waals surface area contributed by atoms with E-state index in [1.54, 1.807) is 11.3 Å². The molecule has 1 aliphatic heterocycles. The predicted molar refractivity (Wildman–Crippen MR) is 123 cm³/mol. The number of para-hydroxylation sites is 1. The number of hydrogen-bond donors (Lipinski definition) is 1. The van der Waals surface area contributed by atoms with Gasteiger partial charge in [-0.3, -0.25) is 4.79 Å². The molecule has 5 rings (SSSR count). The van der Waals surface area contributed by atoms with Crippen molar-refractivity contribution in [1.82, 2.24) is 15.3 Å². The molecule has 1 aliphatic carbocycles. The summed E-state index contributed by atoms with van der Waals surface area (Å²) in [5.74, 6) is 2.65. The number of anilines is 1. The van der Waals surface area contributed by atoms with Crippen LogP contribution in [0.4, 0.5) is 5.82 Å². The van der Waals surface area contributed by atoms with Gasteiger partial charge >= 0.3 is 0 Å². The smallest absolute Gasteiger partial charge is 0.220 e. The van der Waals surface area contributed by atoms with Crippen LogP contribution < -0.4 is 10.2 Å². The topological polar surface area (TPSA) is 58.1 Å². The molecule has 6 heteroatoms. The highest BCUT2D eigenvalue weighted by Gasteiger charge is 2.25. The standard InChI is InChI=1S/C24H28N4OS/c29-22(15-17-5-1-2-6-17)25-19-9-12-28(13-10-19)24-20-7-3-4-8-21(20)26-23(27-24)18-11-14-30-16-18/h3-4,7-8,11,14,16-17,19H,1-2,5-6,9-10,12-13,15H2,(H,25,29). The van der Waals surface area contributed by atoms with Crippen LogP contribution in [0.3, 0.4) is 0 Å². The van der Waals surface area contributed by atoms with Crippen LogP contribution in [-0.2, 0) is 4.79 Å². The summed E-state index contributed by atoms with van der Waals surface area (Å²) >= 11 is 1.66. The first kappa shape index (κ1) is 19.5. The second-order valence-corrected chi connectivity index (χ2v) is 9.36. The molecule has 2 aromatic heterocycles. The molecule has 30 heavy (non-hydrogen) atoms. The van der Waals surface area contributed by atoms with Crippen molar-refractivity contribution in [3.05, 3.63) is 41.1 Å². The van der Waals surface area contributed by atoms with Crippen molar-refractivity contribution < 1.29 is 4.79 Å². The molecule has 156 valence electrons. The number of nitrogens with one attached hydrogen (secondary N) is 1. The SMILES string of the molecule is O=C(CC1CCCC1)NC1CCN(c2nc(-c3ccsc3)nc3ccccc23)CC1. The van der Waals surface area contributed by atoms with Crippen LogP contribution in [0.2, 0.25) is 0 Å². The van der Waals surface area contributed by atoms with Crippen molar-refractivity contribution in [3.63, 3.8) is 0 Å². The predicted octanol–water partition coefficient (Wildman–Crippen LogP) is 5.02. The molecule has 1 aromatic carbocycles. The minimum Gasteiger partial charge on any atom is -0.356 e. The molecular formula is C24H28N4OS. The molecule has 0 spiro atoms. The summed E-state index contributed by atoms with van der Waals surface area (Å²) in [5.41, 5.74) is 2.05. The molecule has 2 fully saturated rings. The van der Waals surface area contributed by atoms with Crippen LogP contribution in [0.15, 0.2) is 41.1 Å². The van der Waals surface area contributed by atoms with E-state index in [1.165, 1.54) is 25.7 Å². The largest absolute Gasteiger partial charge is 0.356 e. The molecule has 5 nitrogen and oxygen atoms in total. The normalized spacial score (nSPS) is 18.2. The first-order valence-electron chi connectivity index (χ1n) is 11.1. The molecule has 0 radical (unpaired) electrons. The van der Waals surface area contributed by atoms with Gasteiger partial charge in [0.1, 0.15) is 5.82 Å². The summed E-state index contributed by atoms with van der Waals surface area (Å²) in [7, 11) is 0. The molecule has 0 atom stereocenters. The van der Waals surface area contributed by atoms with Crippen molar-refractivity contribution in [2.24, 2.45) is 5.92 Å². The van der Waals surface area contributed by atoms with E-state index in [9.17, 15) is 4.79 Å². The lowest BCUT2D eigenvalue weighted by molar-refractivity contribution is -0.122. The number of nitrogens with zero attached hydrogens (tertiary/aromatic N) is 3. The van der Waals surface area contributed by atoms with Gasteiger partial charge in [-0.2, -0.15) is 11.3 Å². The van der Waals surface area contributed by atoms with E-state index < -0.39 is 0 Å². The Kier molecular flexibility index (Phi) is 5.67. The van der Waals surface area contributed by atoms with Crippen molar-refractivity contribution >= 4 is 34.0 Å². The first-order chi connectivity index (χ1) is 14.8. The van der Waals surface area contributed by atoms with Gasteiger partial charge in [0.25, 0.3) is 0 Å². The summed E-state index contributed by atoms with van der Waals surface area (Å²) < 4.78 is 0. The number of piperidine rings is 1. The quantitative estimate of drug-likeness (QED) is 0.629. The zero-order chi connectivity index (χ0) is 20.3. The van der Waals surface area contributed by atoms with E-state index in [1.807, 2.05) is 6.07 Å². The van der Waals surface area contributed by atoms with Crippen LogP contribution in [0.5, 0.6) is 0 Å². The van der Waals surface area contributed by atoms with Crippen LogP contribution in [-0.4, -0.2) is 35.0 Å². The van der Waals surface area contributed by atoms with Crippen LogP contribution in [0, 0.1) is 5.92 Å². The molecular weight excluding hydrogens is 392 g/mol. The van der Waals surface area contributed by atoms with Gasteiger partial charge in [0.05, 0.1) is 5.52 Å². The Morgan fingerprint density at radius 3 is 2.63 bits per heavy atom. The summed E-state index contributed by atoms with van der Waals surface area (Å²) in [5, 5.41) is 8.55. The Morgan fingerprint density at radius 1 is 1.07 bits per heavy atom. The fourth-order valence-corrected chi connectivity index (χ4v) is 5.45. The summed E-state index contributed by atoms with van der Waals surface area (Å²) in [6.07, 6.45) is 7.65. The van der Waals surface area contributed by atoms with E-state index in [0.717, 1.165) is 54.0 Å². The highest BCUT2D eigenvalue weighted by molar-refractivity contribution is 7.08. The monoisotopic (exact) mass is 420 g/mol. The lowest BCUT2D eigenvalue weighted by Crippen LogP contribution is -2.45. The third-order valence-electron chi connectivity index (χ3n) is 6.47. The van der Waals surface area contributed by atoms with Gasteiger partial charge in [-0.1, -0.05) is 25.0 Å². The third-order valence-corrected chi connectivity index (χ3v) is 7.15. The van der Waals surface area contributed by atoms with E-state index in [4.69, 9.17) is 9.97 Å². The third kappa shape index (κ3) is 4.19. The van der Waals surface area contributed by atoms with Gasteiger partial charge in [0.15, 0.2) is 5.82 Å². The Labute approximate surface area is 181 Å². The van der Waals surface area contributed by atoms with Gasteiger partial charge < -0.3 is 10.2 Å². The molecule has 1 saturated heterocycles. The van der Waals surface area contributed by atoms with Crippen molar-refractivity contribution in [1.29, 1.82) is 0 Å². The molecule has 2 aliphatic rings.